The summed E-state index contributed by atoms with van der Waals surface area (Å²) in [6.07, 6.45) is 24.4. The molecule has 0 aliphatic rings. The third kappa shape index (κ3) is 19.8. The summed E-state index contributed by atoms with van der Waals surface area (Å²) in [5, 5.41) is 0. The van der Waals surface area contributed by atoms with Gasteiger partial charge in [-0.3, -0.25) is 0 Å². The van der Waals surface area contributed by atoms with E-state index in [1.165, 1.54) is 110 Å². The average molecular weight is 372 g/mol. The van der Waals surface area contributed by atoms with Gasteiger partial charge in [-0.1, -0.05) is 110 Å². The molecule has 158 valence electrons. The van der Waals surface area contributed by atoms with E-state index in [-0.39, 0.29) is 19.4 Å². The maximum atomic E-state index is 11.2. The van der Waals surface area contributed by atoms with E-state index >= 15 is 0 Å². The number of unbranched alkanes of at least 4 members (excludes halogenated alkanes) is 16. The van der Waals surface area contributed by atoms with Gasteiger partial charge in [0.2, 0.25) is 0 Å². The molecule has 0 saturated heterocycles. The molecule has 1 unspecified atom stereocenters. The lowest BCUT2D eigenvalue weighted by Crippen LogP contribution is -2.65. The molecule has 0 aliphatic carbocycles. The van der Waals surface area contributed by atoms with Crippen LogP contribution in [-0.2, 0) is 9.53 Å². The zero-order valence-electron chi connectivity index (χ0n) is 18.3. The van der Waals surface area contributed by atoms with Crippen LogP contribution in [0.5, 0.6) is 0 Å². The highest BCUT2D eigenvalue weighted by Crippen LogP contribution is 2.14. The van der Waals surface area contributed by atoms with Gasteiger partial charge in [0.05, 0.1) is 7.11 Å². The third-order valence-electron chi connectivity index (χ3n) is 5.19. The molecule has 26 heavy (non-hydrogen) atoms. The van der Waals surface area contributed by atoms with E-state index in [2.05, 4.69) is 12.7 Å². The molecule has 0 radical (unpaired) electrons. The highest BCUT2D eigenvalue weighted by atomic mass is 16.5. The molecule has 3 N–H and O–H groups in total. The van der Waals surface area contributed by atoms with Crippen LogP contribution < -0.4 is 5.73 Å². The minimum Gasteiger partial charge on any atom is -0.465 e. The first kappa shape index (κ1) is 27.6. The predicted octanol–water partition coefficient (Wildman–Crippen LogP) is 6.26. The molecule has 0 bridgehead atoms. The van der Waals surface area contributed by atoms with Crippen molar-refractivity contribution in [1.29, 1.82) is 0 Å². The minimum atomic E-state index is -0.179. The molecule has 0 heterocycles. The van der Waals surface area contributed by atoms with E-state index < -0.39 is 0 Å². The Morgan fingerprint density at radius 1 is 0.692 bits per heavy atom. The molecule has 0 rings (SSSR count). The van der Waals surface area contributed by atoms with E-state index in [1.54, 1.807) is 0 Å². The maximum absolute atomic E-state index is 11.2. The summed E-state index contributed by atoms with van der Waals surface area (Å²) in [7, 11) is 1.44. The molecule has 3 heteroatoms. The molecule has 0 aromatic rings. The smallest absolute Gasteiger partial charge is 0.364 e. The van der Waals surface area contributed by atoms with E-state index in [4.69, 9.17) is 4.74 Å². The van der Waals surface area contributed by atoms with Gasteiger partial charge in [0.15, 0.2) is 6.04 Å². The summed E-state index contributed by atoms with van der Waals surface area (Å²) in [6.45, 7) is 2.28. The Kier molecular flexibility index (Phi) is 23.9. The maximum Gasteiger partial charge on any atom is 0.364 e. The summed E-state index contributed by atoms with van der Waals surface area (Å²) in [5.74, 6) is -0.170. The number of ether oxygens (including phenoxy) is 1. The van der Waals surface area contributed by atoms with E-state index in [1.807, 2.05) is 0 Å². The Labute approximate surface area is 164 Å². The van der Waals surface area contributed by atoms with E-state index in [9.17, 15) is 4.79 Å². The standard InChI is InChI=1S/C22H45NO2.CH3/c1-3-4-5-6-7-8-9-10-11-12-13-14-15-16-17-18-19-20-21(23)22(24)25-2;/h21H,3-20,23H2,1-2H3;1H3/q;-1/p+1. The molecular weight excluding hydrogens is 322 g/mol. The molecule has 3 nitrogen and oxygen atoms in total. The fourth-order valence-corrected chi connectivity index (χ4v) is 3.40. The monoisotopic (exact) mass is 371 g/mol. The van der Waals surface area contributed by atoms with E-state index in [0.29, 0.717) is 0 Å². The van der Waals surface area contributed by atoms with Crippen LogP contribution in [0.15, 0.2) is 0 Å². The van der Waals surface area contributed by atoms with Gasteiger partial charge in [0.25, 0.3) is 0 Å². The van der Waals surface area contributed by atoms with Gasteiger partial charge in [-0.15, -0.1) is 0 Å². The van der Waals surface area contributed by atoms with Crippen LogP contribution in [0.25, 0.3) is 0 Å². The van der Waals surface area contributed by atoms with Gasteiger partial charge in [0.1, 0.15) is 0 Å². The molecule has 0 saturated carbocycles. The summed E-state index contributed by atoms with van der Waals surface area (Å²) < 4.78 is 4.69. The number of carbonyl (C=O) groups is 1. The van der Waals surface area contributed by atoms with Crippen LogP contribution in [0.1, 0.15) is 122 Å². The normalized spacial score (nSPS) is 11.8. The van der Waals surface area contributed by atoms with Crippen molar-refractivity contribution < 1.29 is 15.3 Å². The zero-order valence-corrected chi connectivity index (χ0v) is 18.3. The number of quaternary nitrogens is 1. The lowest BCUT2D eigenvalue weighted by molar-refractivity contribution is -0.409. The summed E-state index contributed by atoms with van der Waals surface area (Å²) in [6, 6.07) is -0.179. The first-order valence-corrected chi connectivity index (χ1v) is 11.1. The lowest BCUT2D eigenvalue weighted by atomic mass is 10.0. The molecule has 1 atom stereocenters. The van der Waals surface area contributed by atoms with Crippen molar-refractivity contribution in [1.82, 2.24) is 0 Å². The molecular formula is C23H49NO2. The number of hydrogen-bond donors (Lipinski definition) is 1. The predicted molar refractivity (Wildman–Crippen MR) is 114 cm³/mol. The van der Waals surface area contributed by atoms with Gasteiger partial charge < -0.3 is 17.9 Å². The van der Waals surface area contributed by atoms with Gasteiger partial charge in [-0.2, -0.15) is 0 Å². The topological polar surface area (TPSA) is 53.9 Å². The summed E-state index contributed by atoms with van der Waals surface area (Å²) in [4.78, 5) is 11.2. The fraction of sp³-hybridized carbons (Fsp3) is 0.913. The number of carbonyl (C=O) groups excluding carboxylic acids is 1. The quantitative estimate of drug-likeness (QED) is 0.165. The second kappa shape index (κ2) is 22.5. The van der Waals surface area contributed by atoms with Crippen LogP contribution in [-0.4, -0.2) is 19.1 Å². The molecule has 0 aliphatic heterocycles. The van der Waals surface area contributed by atoms with E-state index in [0.717, 1.165) is 12.8 Å². The highest BCUT2D eigenvalue weighted by molar-refractivity contribution is 5.73. The first-order chi connectivity index (χ1) is 12.2. The summed E-state index contributed by atoms with van der Waals surface area (Å²) >= 11 is 0. The Bertz CT molecular complexity index is 281. The van der Waals surface area contributed by atoms with Gasteiger partial charge >= 0.3 is 5.97 Å². The number of hydrogen-bond acceptors (Lipinski definition) is 2. The minimum absolute atomic E-state index is 0. The van der Waals surface area contributed by atoms with Crippen LogP contribution in [0.3, 0.4) is 0 Å². The largest absolute Gasteiger partial charge is 0.465 e. The third-order valence-corrected chi connectivity index (χ3v) is 5.19. The zero-order chi connectivity index (χ0) is 18.6. The average Bonchev–Trinajstić information content (AvgIpc) is 2.63. The molecule has 0 amide bonds. The summed E-state index contributed by atoms with van der Waals surface area (Å²) in [5.41, 5.74) is 3.85. The fourth-order valence-electron chi connectivity index (χ4n) is 3.40. The van der Waals surface area contributed by atoms with Crippen molar-refractivity contribution in [3.05, 3.63) is 7.43 Å². The van der Waals surface area contributed by atoms with Gasteiger partial charge in [-0.05, 0) is 6.42 Å². The molecule has 0 aromatic heterocycles. The molecule has 0 aromatic carbocycles. The van der Waals surface area contributed by atoms with Crippen molar-refractivity contribution in [3.63, 3.8) is 0 Å². The van der Waals surface area contributed by atoms with Crippen LogP contribution in [0.2, 0.25) is 0 Å². The van der Waals surface area contributed by atoms with Gasteiger partial charge in [0, 0.05) is 6.42 Å². The SMILES string of the molecule is CCCCCCCCCCCCCCCCCCCC([NH3+])C(=O)OC.[CH3-]. The Morgan fingerprint density at radius 2 is 1.00 bits per heavy atom. The lowest BCUT2D eigenvalue weighted by Gasteiger charge is -2.06. The number of methoxy groups -OCH3 is 1. The van der Waals surface area contributed by atoms with Crippen molar-refractivity contribution >= 4 is 5.97 Å². The Morgan fingerprint density at radius 3 is 1.31 bits per heavy atom. The molecule has 0 fully saturated rings. The number of rotatable bonds is 19. The highest BCUT2D eigenvalue weighted by Gasteiger charge is 2.16. The molecule has 0 spiro atoms. The number of esters is 1. The van der Waals surface area contributed by atoms with Crippen LogP contribution in [0.4, 0.5) is 0 Å². The van der Waals surface area contributed by atoms with Crippen molar-refractivity contribution in [2.45, 2.75) is 129 Å². The second-order valence-corrected chi connectivity index (χ2v) is 7.67. The van der Waals surface area contributed by atoms with Gasteiger partial charge in [-0.25, -0.2) is 4.79 Å². The second-order valence-electron chi connectivity index (χ2n) is 7.67. The first-order valence-electron chi connectivity index (χ1n) is 11.1. The Hall–Kier alpha value is -0.570. The van der Waals surface area contributed by atoms with Crippen molar-refractivity contribution in [2.24, 2.45) is 0 Å². The van der Waals surface area contributed by atoms with Crippen LogP contribution in [0, 0.1) is 7.43 Å². The van der Waals surface area contributed by atoms with Crippen molar-refractivity contribution in [2.75, 3.05) is 7.11 Å². The van der Waals surface area contributed by atoms with Crippen LogP contribution >= 0.6 is 0 Å². The van der Waals surface area contributed by atoms with Crippen molar-refractivity contribution in [3.8, 4) is 0 Å². The Balaban J connectivity index is 0.